The highest BCUT2D eigenvalue weighted by atomic mass is 16.1. The topological polar surface area (TPSA) is 58.6 Å². The number of hydrogen-bond donors (Lipinski definition) is 1. The third-order valence-electron chi connectivity index (χ3n) is 1.22. The first-order valence-corrected chi connectivity index (χ1v) is 3.48. The Morgan fingerprint density at radius 3 is 2.83 bits per heavy atom. The number of H-pyrrole nitrogens is 1. The van der Waals surface area contributed by atoms with Crippen molar-refractivity contribution in [3.63, 3.8) is 0 Å². The molecule has 0 saturated carbocycles. The predicted molar refractivity (Wildman–Crippen MR) is 44.0 cm³/mol. The third kappa shape index (κ3) is 2.49. The molecule has 4 heteroatoms. The standard InChI is InChI=1S/C8H9N3O/c1-7(12)8-6-10-3-2-9-4-5-11-8/h2-6,11H,1H3. The summed E-state index contributed by atoms with van der Waals surface area (Å²) >= 11 is 0. The number of nitrogens with zero attached hydrogens (tertiary/aromatic N) is 2. The number of Topliss-reactive ketones (excluding diaryl/α,β-unsaturated/α-hetero) is 1. The Morgan fingerprint density at radius 2 is 2.08 bits per heavy atom. The van der Waals surface area contributed by atoms with Gasteiger partial charge in [0.1, 0.15) is 0 Å². The fraction of sp³-hybridized carbons (Fsp3) is 0.125. The highest BCUT2D eigenvalue weighted by molar-refractivity contribution is 5.91. The normalized spacial score (nSPS) is 8.75. The van der Waals surface area contributed by atoms with Gasteiger partial charge in [-0.2, -0.15) is 0 Å². The lowest BCUT2D eigenvalue weighted by Gasteiger charge is -1.86. The average molecular weight is 163 g/mol. The minimum absolute atomic E-state index is 0.0568. The Kier molecular flexibility index (Phi) is 2.95. The maximum Gasteiger partial charge on any atom is 0.177 e. The van der Waals surface area contributed by atoms with Crippen molar-refractivity contribution in [2.24, 2.45) is 0 Å². The van der Waals surface area contributed by atoms with Crippen molar-refractivity contribution in [3.05, 3.63) is 36.7 Å². The molecule has 0 aliphatic rings. The van der Waals surface area contributed by atoms with Gasteiger partial charge in [0.15, 0.2) is 5.78 Å². The van der Waals surface area contributed by atoms with E-state index in [4.69, 9.17) is 0 Å². The maximum atomic E-state index is 10.9. The van der Waals surface area contributed by atoms with E-state index in [0.717, 1.165) is 0 Å². The molecule has 0 aromatic carbocycles. The van der Waals surface area contributed by atoms with Gasteiger partial charge in [-0.15, -0.1) is 0 Å². The van der Waals surface area contributed by atoms with E-state index in [-0.39, 0.29) is 5.78 Å². The number of aromatic nitrogens is 3. The lowest BCUT2D eigenvalue weighted by Crippen LogP contribution is -1.93. The van der Waals surface area contributed by atoms with Crippen LogP contribution in [0.1, 0.15) is 17.4 Å². The van der Waals surface area contributed by atoms with Gasteiger partial charge in [-0.1, -0.05) is 0 Å². The van der Waals surface area contributed by atoms with E-state index in [1.807, 2.05) is 0 Å². The first kappa shape index (κ1) is 8.39. The minimum atomic E-state index is -0.0568. The molecule has 0 radical (unpaired) electrons. The molecule has 0 saturated heterocycles. The van der Waals surface area contributed by atoms with E-state index in [1.54, 1.807) is 12.4 Å². The van der Waals surface area contributed by atoms with E-state index in [1.165, 1.54) is 25.5 Å². The monoisotopic (exact) mass is 163 g/mol. The van der Waals surface area contributed by atoms with Crippen LogP contribution in [0.4, 0.5) is 0 Å². The van der Waals surface area contributed by atoms with Crippen LogP contribution >= 0.6 is 0 Å². The van der Waals surface area contributed by atoms with E-state index in [0.29, 0.717) is 5.69 Å². The zero-order valence-corrected chi connectivity index (χ0v) is 6.69. The van der Waals surface area contributed by atoms with Gasteiger partial charge in [0.25, 0.3) is 0 Å². The summed E-state index contributed by atoms with van der Waals surface area (Å²) in [6.45, 7) is 1.47. The van der Waals surface area contributed by atoms with Gasteiger partial charge < -0.3 is 4.98 Å². The van der Waals surface area contributed by atoms with Crippen molar-refractivity contribution in [2.75, 3.05) is 0 Å². The number of ketones is 1. The Labute approximate surface area is 70.0 Å². The predicted octanol–water partition coefficient (Wildman–Crippen LogP) is 1.13. The molecule has 0 aliphatic carbocycles. The zero-order chi connectivity index (χ0) is 8.81. The summed E-state index contributed by atoms with van der Waals surface area (Å²) in [7, 11) is 0. The van der Waals surface area contributed by atoms with Crippen molar-refractivity contribution in [3.8, 4) is 0 Å². The Balaban J connectivity index is 3.19. The molecule has 4 nitrogen and oxygen atoms in total. The molecule has 0 unspecified atom stereocenters. The van der Waals surface area contributed by atoms with Crippen LogP contribution < -0.4 is 0 Å². The third-order valence-corrected chi connectivity index (χ3v) is 1.22. The summed E-state index contributed by atoms with van der Waals surface area (Å²) in [5, 5.41) is 0. The minimum Gasteiger partial charge on any atom is -0.356 e. The van der Waals surface area contributed by atoms with Gasteiger partial charge in [0.2, 0.25) is 0 Å². The van der Waals surface area contributed by atoms with Crippen molar-refractivity contribution in [2.45, 2.75) is 6.92 Å². The van der Waals surface area contributed by atoms with Crippen LogP contribution in [-0.4, -0.2) is 20.7 Å². The second kappa shape index (κ2) is 4.23. The van der Waals surface area contributed by atoms with Crippen molar-refractivity contribution in [1.82, 2.24) is 15.0 Å². The summed E-state index contributed by atoms with van der Waals surface area (Å²) in [5.74, 6) is -0.0568. The fourth-order valence-electron chi connectivity index (χ4n) is 0.644. The Hall–Kier alpha value is -1.71. The largest absolute Gasteiger partial charge is 0.356 e. The number of rotatable bonds is 1. The number of carbonyl (C=O) groups is 1. The van der Waals surface area contributed by atoms with Gasteiger partial charge in [-0.25, -0.2) is 0 Å². The summed E-state index contributed by atoms with van der Waals surface area (Å²) in [6.07, 6.45) is 7.65. The van der Waals surface area contributed by atoms with Crippen LogP contribution in [0.5, 0.6) is 0 Å². The van der Waals surface area contributed by atoms with Crippen molar-refractivity contribution in [1.29, 1.82) is 0 Å². The molecule has 1 rings (SSSR count). The van der Waals surface area contributed by atoms with Crippen LogP contribution in [0.2, 0.25) is 0 Å². The van der Waals surface area contributed by atoms with Crippen molar-refractivity contribution >= 4 is 5.78 Å². The van der Waals surface area contributed by atoms with Gasteiger partial charge in [-0.05, 0) is 0 Å². The van der Waals surface area contributed by atoms with Gasteiger partial charge in [-0.3, -0.25) is 14.8 Å². The highest BCUT2D eigenvalue weighted by Crippen LogP contribution is 1.87. The van der Waals surface area contributed by atoms with Crippen LogP contribution in [0, 0.1) is 0 Å². The Morgan fingerprint density at radius 1 is 1.33 bits per heavy atom. The lowest BCUT2D eigenvalue weighted by atomic mass is 10.3. The summed E-state index contributed by atoms with van der Waals surface area (Å²) in [4.78, 5) is 21.3. The van der Waals surface area contributed by atoms with Crippen LogP contribution in [-0.2, 0) is 0 Å². The molecule has 1 aromatic rings. The molecule has 12 heavy (non-hydrogen) atoms. The van der Waals surface area contributed by atoms with Gasteiger partial charge >= 0.3 is 0 Å². The quantitative estimate of drug-likeness (QED) is 0.631. The SMILES string of the molecule is CC(=O)c1cnccncc[nH]1. The highest BCUT2D eigenvalue weighted by Gasteiger charge is 1.93. The molecule has 62 valence electrons. The van der Waals surface area contributed by atoms with Gasteiger partial charge in [0.05, 0.1) is 11.9 Å². The number of hydrogen-bond acceptors (Lipinski definition) is 3. The molecule has 0 amide bonds. The van der Waals surface area contributed by atoms with Crippen LogP contribution in [0.3, 0.4) is 0 Å². The molecular weight excluding hydrogens is 154 g/mol. The first-order chi connectivity index (χ1) is 5.80. The molecule has 0 atom stereocenters. The van der Waals surface area contributed by atoms with Crippen LogP contribution in [0.25, 0.3) is 0 Å². The first-order valence-electron chi connectivity index (χ1n) is 3.48. The number of aromatic amines is 1. The zero-order valence-electron chi connectivity index (χ0n) is 6.69. The molecule has 1 heterocycles. The van der Waals surface area contributed by atoms with Crippen molar-refractivity contribution < 1.29 is 4.79 Å². The molecule has 1 aromatic heterocycles. The number of carbonyl (C=O) groups excluding carboxylic acids is 1. The molecule has 0 aliphatic heterocycles. The van der Waals surface area contributed by atoms with E-state index in [9.17, 15) is 4.79 Å². The summed E-state index contributed by atoms with van der Waals surface area (Å²) < 4.78 is 0. The maximum absolute atomic E-state index is 10.9. The number of nitrogens with one attached hydrogen (secondary N) is 1. The Bertz CT molecular complexity index is 294. The average Bonchev–Trinajstić information content (AvgIpc) is 2.15. The van der Waals surface area contributed by atoms with Gasteiger partial charge in [0, 0.05) is 31.7 Å². The lowest BCUT2D eigenvalue weighted by molar-refractivity contribution is 0.101. The molecule has 0 spiro atoms. The second-order valence-corrected chi connectivity index (χ2v) is 2.16. The molecular formula is C8H9N3O. The smallest absolute Gasteiger partial charge is 0.177 e. The fourth-order valence-corrected chi connectivity index (χ4v) is 0.644. The summed E-state index contributed by atoms with van der Waals surface area (Å²) in [5.41, 5.74) is 0.452. The van der Waals surface area contributed by atoms with E-state index < -0.39 is 0 Å². The molecule has 1 N–H and O–H groups in total. The molecule has 0 fully saturated rings. The summed E-state index contributed by atoms with van der Waals surface area (Å²) in [6, 6.07) is 0. The van der Waals surface area contributed by atoms with Crippen LogP contribution in [0.15, 0.2) is 31.0 Å². The second-order valence-electron chi connectivity index (χ2n) is 2.16. The van der Waals surface area contributed by atoms with E-state index in [2.05, 4.69) is 15.0 Å². The molecule has 0 bridgehead atoms. The van der Waals surface area contributed by atoms with E-state index >= 15 is 0 Å².